The first kappa shape index (κ1) is 12.7. The van der Waals surface area contributed by atoms with Gasteiger partial charge in [0, 0.05) is 0 Å². The third-order valence-electron chi connectivity index (χ3n) is 2.39. The first-order valence-electron chi connectivity index (χ1n) is 5.37. The highest BCUT2D eigenvalue weighted by atomic mass is 19.1. The van der Waals surface area contributed by atoms with Crippen LogP contribution in [-0.2, 0) is 16.0 Å². The molecule has 0 unspecified atom stereocenters. The van der Waals surface area contributed by atoms with E-state index in [-0.39, 0.29) is 11.8 Å². The van der Waals surface area contributed by atoms with Gasteiger partial charge in [-0.2, -0.15) is 0 Å². The molecule has 1 rings (SSSR count). The van der Waals surface area contributed by atoms with Crippen LogP contribution < -0.4 is 0 Å². The average Bonchev–Trinajstić information content (AvgIpc) is 2.21. The maximum Gasteiger partial charge on any atom is 0.311 e. The lowest BCUT2D eigenvalue weighted by molar-refractivity contribution is -0.153. The zero-order valence-electron chi connectivity index (χ0n) is 9.92. The first-order chi connectivity index (χ1) is 7.45. The summed E-state index contributed by atoms with van der Waals surface area (Å²) in [5.41, 5.74) is 0.354. The van der Waals surface area contributed by atoms with Crippen molar-refractivity contribution in [3.05, 3.63) is 35.6 Å². The van der Waals surface area contributed by atoms with Crippen molar-refractivity contribution >= 4 is 5.97 Å². The number of benzene rings is 1. The molecular weight excluding hydrogens is 207 g/mol. The van der Waals surface area contributed by atoms with Gasteiger partial charge in [-0.05, 0) is 44.9 Å². The van der Waals surface area contributed by atoms with Crippen LogP contribution in [0.25, 0.3) is 0 Å². The quantitative estimate of drug-likeness (QED) is 0.735. The third kappa shape index (κ3) is 3.33. The molecule has 0 amide bonds. The number of hydrogen-bond donors (Lipinski definition) is 0. The maximum atomic E-state index is 12.7. The van der Waals surface area contributed by atoms with Gasteiger partial charge in [-0.25, -0.2) is 4.39 Å². The van der Waals surface area contributed by atoms with Crippen LogP contribution in [-0.4, -0.2) is 12.6 Å². The van der Waals surface area contributed by atoms with Crippen molar-refractivity contribution in [3.63, 3.8) is 0 Å². The molecule has 2 nitrogen and oxygen atoms in total. The molecular formula is C13H17FO2. The van der Waals surface area contributed by atoms with Gasteiger partial charge in [0.25, 0.3) is 0 Å². The molecule has 0 bridgehead atoms. The second kappa shape index (κ2) is 5.10. The fourth-order valence-corrected chi connectivity index (χ4v) is 1.51. The molecule has 0 radical (unpaired) electrons. The van der Waals surface area contributed by atoms with E-state index in [0.29, 0.717) is 13.0 Å². The van der Waals surface area contributed by atoms with E-state index in [9.17, 15) is 9.18 Å². The van der Waals surface area contributed by atoms with E-state index < -0.39 is 5.41 Å². The van der Waals surface area contributed by atoms with E-state index in [2.05, 4.69) is 0 Å². The molecule has 0 aromatic heterocycles. The van der Waals surface area contributed by atoms with Gasteiger partial charge in [0.15, 0.2) is 0 Å². The minimum atomic E-state index is -0.576. The molecule has 0 aliphatic heterocycles. The molecule has 88 valence electrons. The highest BCUT2D eigenvalue weighted by Crippen LogP contribution is 2.23. The molecule has 16 heavy (non-hydrogen) atoms. The van der Waals surface area contributed by atoms with E-state index >= 15 is 0 Å². The number of esters is 1. The Hall–Kier alpha value is -1.38. The van der Waals surface area contributed by atoms with Crippen molar-refractivity contribution in [1.82, 2.24) is 0 Å². The second-order valence-corrected chi connectivity index (χ2v) is 4.41. The summed E-state index contributed by atoms with van der Waals surface area (Å²) in [6.45, 7) is 5.82. The lowest BCUT2D eigenvalue weighted by Gasteiger charge is -2.22. The molecule has 0 fully saturated rings. The minimum absolute atomic E-state index is 0.223. The van der Waals surface area contributed by atoms with Crippen molar-refractivity contribution in [1.29, 1.82) is 0 Å². The van der Waals surface area contributed by atoms with E-state index in [4.69, 9.17) is 4.74 Å². The summed E-state index contributed by atoms with van der Waals surface area (Å²) >= 11 is 0. The average molecular weight is 224 g/mol. The largest absolute Gasteiger partial charge is 0.466 e. The Bertz CT molecular complexity index is 355. The molecule has 0 spiro atoms. The Morgan fingerprint density at radius 3 is 2.38 bits per heavy atom. The van der Waals surface area contributed by atoms with Crippen molar-refractivity contribution < 1.29 is 13.9 Å². The summed E-state index contributed by atoms with van der Waals surface area (Å²) in [5, 5.41) is 0. The molecule has 0 N–H and O–H groups in total. The number of rotatable bonds is 4. The molecule has 1 aromatic rings. The number of halogens is 1. The fraction of sp³-hybridized carbons (Fsp3) is 0.462. The normalized spacial score (nSPS) is 11.2. The molecule has 0 saturated heterocycles. The van der Waals surface area contributed by atoms with Gasteiger partial charge in [0.05, 0.1) is 12.0 Å². The molecule has 3 heteroatoms. The van der Waals surface area contributed by atoms with Crippen LogP contribution in [0.4, 0.5) is 4.39 Å². The highest BCUT2D eigenvalue weighted by molar-refractivity contribution is 5.76. The summed E-state index contributed by atoms with van der Waals surface area (Å²) in [4.78, 5) is 11.6. The van der Waals surface area contributed by atoms with Crippen LogP contribution in [0.2, 0.25) is 0 Å². The third-order valence-corrected chi connectivity index (χ3v) is 2.39. The standard InChI is InChI=1S/C13H17FO2/c1-4-16-12(15)13(2,3)9-10-5-7-11(14)8-6-10/h5-8H,4,9H2,1-3H3. The first-order valence-corrected chi connectivity index (χ1v) is 5.37. The number of ether oxygens (including phenoxy) is 1. The lowest BCUT2D eigenvalue weighted by Crippen LogP contribution is -2.28. The van der Waals surface area contributed by atoms with Crippen molar-refractivity contribution in [2.45, 2.75) is 27.2 Å². The predicted octanol–water partition coefficient (Wildman–Crippen LogP) is 2.96. The number of carbonyl (C=O) groups is 1. The zero-order valence-corrected chi connectivity index (χ0v) is 9.92. The Morgan fingerprint density at radius 1 is 1.31 bits per heavy atom. The minimum Gasteiger partial charge on any atom is -0.466 e. The van der Waals surface area contributed by atoms with Crippen LogP contribution in [0.1, 0.15) is 26.3 Å². The van der Waals surface area contributed by atoms with Gasteiger partial charge in [0.1, 0.15) is 5.82 Å². The fourth-order valence-electron chi connectivity index (χ4n) is 1.51. The van der Waals surface area contributed by atoms with E-state index in [1.54, 1.807) is 19.1 Å². The van der Waals surface area contributed by atoms with Crippen LogP contribution in [0.3, 0.4) is 0 Å². The van der Waals surface area contributed by atoms with Crippen LogP contribution in [0.5, 0.6) is 0 Å². The molecule has 0 atom stereocenters. The topological polar surface area (TPSA) is 26.3 Å². The highest BCUT2D eigenvalue weighted by Gasteiger charge is 2.29. The van der Waals surface area contributed by atoms with Gasteiger partial charge in [-0.3, -0.25) is 4.79 Å². The molecule has 1 aromatic carbocycles. The summed E-state index contributed by atoms with van der Waals surface area (Å²) < 4.78 is 17.7. The Kier molecular flexibility index (Phi) is 4.05. The molecule has 0 saturated carbocycles. The van der Waals surface area contributed by atoms with Gasteiger partial charge >= 0.3 is 5.97 Å². The molecule has 0 heterocycles. The summed E-state index contributed by atoms with van der Waals surface area (Å²) in [7, 11) is 0. The van der Waals surface area contributed by atoms with Gasteiger partial charge in [0.2, 0.25) is 0 Å². The van der Waals surface area contributed by atoms with Gasteiger partial charge < -0.3 is 4.74 Å². The number of carbonyl (C=O) groups excluding carboxylic acids is 1. The Labute approximate surface area is 95.4 Å². The monoisotopic (exact) mass is 224 g/mol. The summed E-state index contributed by atoms with van der Waals surface area (Å²) in [6.07, 6.45) is 0.548. The second-order valence-electron chi connectivity index (χ2n) is 4.41. The number of hydrogen-bond acceptors (Lipinski definition) is 2. The van der Waals surface area contributed by atoms with Crippen molar-refractivity contribution in [2.24, 2.45) is 5.41 Å². The van der Waals surface area contributed by atoms with Crippen LogP contribution in [0, 0.1) is 11.2 Å². The summed E-state index contributed by atoms with van der Waals surface area (Å²) in [5.74, 6) is -0.489. The van der Waals surface area contributed by atoms with Gasteiger partial charge in [-0.15, -0.1) is 0 Å². The van der Waals surface area contributed by atoms with E-state index in [1.165, 1.54) is 12.1 Å². The summed E-state index contributed by atoms with van der Waals surface area (Å²) in [6, 6.07) is 6.18. The Balaban J connectivity index is 2.72. The van der Waals surface area contributed by atoms with Crippen LogP contribution in [0.15, 0.2) is 24.3 Å². The lowest BCUT2D eigenvalue weighted by atomic mass is 9.86. The van der Waals surface area contributed by atoms with Crippen LogP contribution >= 0.6 is 0 Å². The van der Waals surface area contributed by atoms with Crippen molar-refractivity contribution in [2.75, 3.05) is 6.61 Å². The molecule has 0 aliphatic rings. The molecule has 0 aliphatic carbocycles. The van der Waals surface area contributed by atoms with Crippen molar-refractivity contribution in [3.8, 4) is 0 Å². The zero-order chi connectivity index (χ0) is 12.2. The predicted molar refractivity (Wildman–Crippen MR) is 60.5 cm³/mol. The SMILES string of the molecule is CCOC(=O)C(C)(C)Cc1ccc(F)cc1. The van der Waals surface area contributed by atoms with E-state index in [0.717, 1.165) is 5.56 Å². The smallest absolute Gasteiger partial charge is 0.311 e. The van der Waals surface area contributed by atoms with E-state index in [1.807, 2.05) is 13.8 Å². The van der Waals surface area contributed by atoms with Gasteiger partial charge in [-0.1, -0.05) is 12.1 Å². The Morgan fingerprint density at radius 2 is 1.88 bits per heavy atom. The maximum absolute atomic E-state index is 12.7.